The van der Waals surface area contributed by atoms with Gasteiger partial charge in [0.25, 0.3) is 0 Å². The van der Waals surface area contributed by atoms with E-state index in [4.69, 9.17) is 0 Å². The third-order valence-electron chi connectivity index (χ3n) is 3.39. The average molecular weight is 258 g/mol. The zero-order valence-corrected chi connectivity index (χ0v) is 12.4. The Labute approximate surface area is 114 Å². The van der Waals surface area contributed by atoms with E-state index in [0.29, 0.717) is 5.92 Å². The van der Waals surface area contributed by atoms with Gasteiger partial charge in [-0.1, -0.05) is 31.5 Å². The first-order valence-electron chi connectivity index (χ1n) is 6.72. The van der Waals surface area contributed by atoms with Gasteiger partial charge in [0.2, 0.25) is 0 Å². The van der Waals surface area contributed by atoms with Gasteiger partial charge in [-0.15, -0.1) is 0 Å². The van der Waals surface area contributed by atoms with Crippen LogP contribution in [0.2, 0.25) is 0 Å². The zero-order chi connectivity index (χ0) is 14.2. The highest BCUT2D eigenvalue weighted by molar-refractivity contribution is 5.50. The number of hydrogen-bond donors (Lipinski definition) is 1. The van der Waals surface area contributed by atoms with Gasteiger partial charge in [0.1, 0.15) is 0 Å². The highest BCUT2D eigenvalue weighted by Crippen LogP contribution is 2.26. The normalized spacial score (nSPS) is 11.3. The summed E-state index contributed by atoms with van der Waals surface area (Å²) in [5, 5.41) is 13.8. The molecule has 0 aliphatic heterocycles. The minimum Gasteiger partial charge on any atom is -0.390 e. The number of hydrogen-bond acceptors (Lipinski definition) is 2. The van der Waals surface area contributed by atoms with Crippen LogP contribution in [-0.2, 0) is 6.61 Å². The number of aromatic nitrogens is 2. The number of rotatable bonds is 3. The summed E-state index contributed by atoms with van der Waals surface area (Å²) in [5.74, 6) is 0.368. The lowest BCUT2D eigenvalue weighted by Gasteiger charge is -2.15. The molecule has 0 saturated carbocycles. The molecule has 0 radical (unpaired) electrons. The van der Waals surface area contributed by atoms with Gasteiger partial charge in [0.15, 0.2) is 0 Å². The fourth-order valence-electron chi connectivity index (χ4n) is 2.62. The van der Waals surface area contributed by atoms with E-state index >= 15 is 0 Å². The predicted octanol–water partition coefficient (Wildman–Crippen LogP) is 3.41. The quantitative estimate of drug-likeness (QED) is 0.916. The highest BCUT2D eigenvalue weighted by Gasteiger charge is 2.15. The number of aryl methyl sites for hydroxylation is 3. The van der Waals surface area contributed by atoms with Gasteiger partial charge in [-0.25, -0.2) is 4.68 Å². The first-order valence-corrected chi connectivity index (χ1v) is 6.72. The lowest BCUT2D eigenvalue weighted by molar-refractivity contribution is 0.276. The number of aliphatic hydroxyl groups is 1. The SMILES string of the molecule is Cc1cc(C)c(-n2nc(CO)cc2C(C)C)c(C)c1. The van der Waals surface area contributed by atoms with E-state index in [1.54, 1.807) is 0 Å². The molecule has 0 bridgehead atoms. The van der Waals surface area contributed by atoms with E-state index in [2.05, 4.69) is 51.9 Å². The molecule has 102 valence electrons. The molecule has 2 rings (SSSR count). The maximum absolute atomic E-state index is 9.31. The maximum atomic E-state index is 9.31. The van der Waals surface area contributed by atoms with Crippen molar-refractivity contribution >= 4 is 0 Å². The Morgan fingerprint density at radius 3 is 2.16 bits per heavy atom. The van der Waals surface area contributed by atoms with Crippen LogP contribution in [-0.4, -0.2) is 14.9 Å². The van der Waals surface area contributed by atoms with Crippen molar-refractivity contribution in [2.24, 2.45) is 0 Å². The van der Waals surface area contributed by atoms with Crippen molar-refractivity contribution in [3.05, 3.63) is 46.3 Å². The molecule has 0 saturated heterocycles. The smallest absolute Gasteiger partial charge is 0.0886 e. The number of benzene rings is 1. The topological polar surface area (TPSA) is 38.0 Å². The van der Waals surface area contributed by atoms with Crippen LogP contribution in [0.5, 0.6) is 0 Å². The molecule has 0 amide bonds. The van der Waals surface area contributed by atoms with Gasteiger partial charge >= 0.3 is 0 Å². The molecule has 3 nitrogen and oxygen atoms in total. The second-order valence-electron chi connectivity index (χ2n) is 5.53. The Bertz CT molecular complexity index is 574. The summed E-state index contributed by atoms with van der Waals surface area (Å²) in [4.78, 5) is 0. The Balaban J connectivity index is 2.68. The number of aliphatic hydroxyl groups excluding tert-OH is 1. The predicted molar refractivity (Wildman–Crippen MR) is 77.8 cm³/mol. The molecule has 3 heteroatoms. The molecule has 2 aromatic rings. The van der Waals surface area contributed by atoms with Gasteiger partial charge in [0, 0.05) is 5.69 Å². The summed E-state index contributed by atoms with van der Waals surface area (Å²) in [5.41, 5.74) is 6.69. The van der Waals surface area contributed by atoms with Crippen LogP contribution in [0.15, 0.2) is 18.2 Å². The molecule has 0 aliphatic carbocycles. The van der Waals surface area contributed by atoms with Crippen LogP contribution >= 0.6 is 0 Å². The van der Waals surface area contributed by atoms with Crippen molar-refractivity contribution < 1.29 is 5.11 Å². The molecule has 0 spiro atoms. The molecule has 1 aromatic heterocycles. The van der Waals surface area contributed by atoms with E-state index in [0.717, 1.165) is 17.1 Å². The Hall–Kier alpha value is -1.61. The minimum atomic E-state index is -0.0172. The Morgan fingerprint density at radius 2 is 1.68 bits per heavy atom. The van der Waals surface area contributed by atoms with Crippen molar-refractivity contribution in [1.29, 1.82) is 0 Å². The standard InChI is InChI=1S/C16H22N2O/c1-10(2)15-8-14(9-19)17-18(15)16-12(4)6-11(3)7-13(16)5/h6-8,10,19H,9H2,1-5H3. The summed E-state index contributed by atoms with van der Waals surface area (Å²) in [6, 6.07) is 6.34. The van der Waals surface area contributed by atoms with Crippen LogP contribution in [0, 0.1) is 20.8 Å². The molecule has 0 unspecified atom stereocenters. The molecule has 1 aromatic carbocycles. The van der Waals surface area contributed by atoms with E-state index < -0.39 is 0 Å². The van der Waals surface area contributed by atoms with E-state index in [1.165, 1.54) is 16.7 Å². The van der Waals surface area contributed by atoms with Crippen LogP contribution < -0.4 is 0 Å². The summed E-state index contributed by atoms with van der Waals surface area (Å²) >= 11 is 0. The summed E-state index contributed by atoms with van der Waals surface area (Å²) in [7, 11) is 0. The third kappa shape index (κ3) is 2.56. The molecule has 0 atom stereocenters. The van der Waals surface area contributed by atoms with Crippen molar-refractivity contribution in [3.8, 4) is 5.69 Å². The van der Waals surface area contributed by atoms with E-state index in [-0.39, 0.29) is 6.61 Å². The monoisotopic (exact) mass is 258 g/mol. The first-order chi connectivity index (χ1) is 8.93. The van der Waals surface area contributed by atoms with Crippen molar-refractivity contribution in [1.82, 2.24) is 9.78 Å². The second-order valence-corrected chi connectivity index (χ2v) is 5.53. The molecule has 1 heterocycles. The largest absolute Gasteiger partial charge is 0.390 e. The van der Waals surface area contributed by atoms with E-state index in [9.17, 15) is 5.11 Å². The van der Waals surface area contributed by atoms with Crippen molar-refractivity contribution in [2.45, 2.75) is 47.1 Å². The number of nitrogens with zero attached hydrogens (tertiary/aromatic N) is 2. The lowest BCUT2D eigenvalue weighted by Crippen LogP contribution is -2.08. The summed E-state index contributed by atoms with van der Waals surface area (Å²) < 4.78 is 1.99. The minimum absolute atomic E-state index is 0.0172. The fraction of sp³-hybridized carbons (Fsp3) is 0.438. The highest BCUT2D eigenvalue weighted by atomic mass is 16.3. The lowest BCUT2D eigenvalue weighted by atomic mass is 10.0. The molecule has 1 N–H and O–H groups in total. The average Bonchev–Trinajstić information content (AvgIpc) is 2.71. The molecule has 0 fully saturated rings. The van der Waals surface area contributed by atoms with Gasteiger partial charge in [-0.3, -0.25) is 0 Å². The zero-order valence-electron chi connectivity index (χ0n) is 12.4. The Kier molecular flexibility index (Phi) is 3.76. The molecule has 19 heavy (non-hydrogen) atoms. The molecule has 0 aliphatic rings. The first kappa shape index (κ1) is 13.8. The molecular formula is C16H22N2O. The van der Waals surface area contributed by atoms with Crippen LogP contribution in [0.1, 0.15) is 47.8 Å². The summed E-state index contributed by atoms with van der Waals surface area (Å²) in [6.45, 7) is 10.6. The summed E-state index contributed by atoms with van der Waals surface area (Å²) in [6.07, 6.45) is 0. The van der Waals surface area contributed by atoms with E-state index in [1.807, 2.05) is 10.7 Å². The van der Waals surface area contributed by atoms with Crippen LogP contribution in [0.25, 0.3) is 5.69 Å². The van der Waals surface area contributed by atoms with Gasteiger partial charge in [-0.05, 0) is 43.9 Å². The van der Waals surface area contributed by atoms with Crippen molar-refractivity contribution in [2.75, 3.05) is 0 Å². The van der Waals surface area contributed by atoms with Crippen LogP contribution in [0.3, 0.4) is 0 Å². The third-order valence-corrected chi connectivity index (χ3v) is 3.39. The second kappa shape index (κ2) is 5.17. The van der Waals surface area contributed by atoms with Crippen molar-refractivity contribution in [3.63, 3.8) is 0 Å². The molecular weight excluding hydrogens is 236 g/mol. The fourth-order valence-corrected chi connectivity index (χ4v) is 2.62. The van der Waals surface area contributed by atoms with Gasteiger partial charge < -0.3 is 5.11 Å². The Morgan fingerprint density at radius 1 is 1.11 bits per heavy atom. The van der Waals surface area contributed by atoms with Gasteiger partial charge in [-0.2, -0.15) is 5.10 Å². The maximum Gasteiger partial charge on any atom is 0.0886 e. The van der Waals surface area contributed by atoms with Gasteiger partial charge in [0.05, 0.1) is 18.0 Å². The van der Waals surface area contributed by atoms with Crippen LogP contribution in [0.4, 0.5) is 0 Å².